The summed E-state index contributed by atoms with van der Waals surface area (Å²) in [6, 6.07) is 0. The van der Waals surface area contributed by atoms with E-state index in [0.717, 1.165) is 27.9 Å². The number of carbonyl (C=O) groups excluding carboxylic acids is 1. The van der Waals surface area contributed by atoms with Crippen molar-refractivity contribution in [2.45, 2.75) is 63.8 Å². The molecule has 1 heterocycles. The number of amides is 1. The summed E-state index contributed by atoms with van der Waals surface area (Å²) >= 11 is 3.55. The maximum atomic E-state index is 12.8. The lowest BCUT2D eigenvalue weighted by molar-refractivity contribution is -0.0168. The van der Waals surface area contributed by atoms with Gasteiger partial charge in [0, 0.05) is 5.54 Å². The first-order valence-corrected chi connectivity index (χ1v) is 9.31. The fourth-order valence-corrected chi connectivity index (χ4v) is 6.25. The van der Waals surface area contributed by atoms with Crippen LogP contribution < -0.4 is 5.32 Å². The highest BCUT2D eigenvalue weighted by Gasteiger charge is 2.51. The van der Waals surface area contributed by atoms with Crippen LogP contribution in [0, 0.1) is 17.8 Å². The minimum absolute atomic E-state index is 0.0167. The molecule has 22 heavy (non-hydrogen) atoms. The summed E-state index contributed by atoms with van der Waals surface area (Å²) in [4.78, 5) is 12.8. The summed E-state index contributed by atoms with van der Waals surface area (Å²) < 4.78 is 0.824. The summed E-state index contributed by atoms with van der Waals surface area (Å²) in [6.45, 7) is 4.19. The van der Waals surface area contributed by atoms with Crippen molar-refractivity contribution in [3.05, 3.63) is 15.9 Å². The molecule has 1 aromatic rings. The first kappa shape index (κ1) is 14.7. The second-order valence-electron chi connectivity index (χ2n) is 8.11. The van der Waals surface area contributed by atoms with Gasteiger partial charge in [-0.1, -0.05) is 13.8 Å². The number of rotatable bonds is 3. The number of H-pyrrole nitrogens is 1. The Morgan fingerprint density at radius 2 is 1.77 bits per heavy atom. The zero-order valence-electron chi connectivity index (χ0n) is 13.3. The van der Waals surface area contributed by atoms with Crippen molar-refractivity contribution in [3.8, 4) is 0 Å². The van der Waals surface area contributed by atoms with Crippen LogP contribution in [0.3, 0.4) is 0 Å². The zero-order valence-corrected chi connectivity index (χ0v) is 14.9. The molecule has 0 aliphatic heterocycles. The van der Waals surface area contributed by atoms with Crippen LogP contribution in [0.15, 0.2) is 4.47 Å². The van der Waals surface area contributed by atoms with Gasteiger partial charge in [-0.2, -0.15) is 5.10 Å². The second-order valence-corrected chi connectivity index (χ2v) is 8.90. The summed E-state index contributed by atoms with van der Waals surface area (Å²) in [5.74, 6) is 2.81. The largest absolute Gasteiger partial charge is 0.345 e. The van der Waals surface area contributed by atoms with Crippen molar-refractivity contribution in [2.75, 3.05) is 0 Å². The molecule has 4 nitrogen and oxygen atoms in total. The maximum Gasteiger partial charge on any atom is 0.273 e. The molecule has 120 valence electrons. The first-order chi connectivity index (χ1) is 10.5. The quantitative estimate of drug-likeness (QED) is 0.850. The summed E-state index contributed by atoms with van der Waals surface area (Å²) in [5.41, 5.74) is 1.55. The minimum atomic E-state index is -0.0167. The molecule has 4 fully saturated rings. The second kappa shape index (κ2) is 5.08. The molecule has 0 aromatic carbocycles. The van der Waals surface area contributed by atoms with E-state index in [4.69, 9.17) is 0 Å². The Morgan fingerprint density at radius 3 is 2.23 bits per heavy atom. The third kappa shape index (κ3) is 2.32. The van der Waals surface area contributed by atoms with E-state index in [1.807, 2.05) is 0 Å². The fraction of sp³-hybridized carbons (Fsp3) is 0.765. The molecule has 0 radical (unpaired) electrons. The van der Waals surface area contributed by atoms with E-state index < -0.39 is 0 Å². The van der Waals surface area contributed by atoms with E-state index in [2.05, 4.69) is 45.3 Å². The van der Waals surface area contributed by atoms with Gasteiger partial charge in [-0.05, 0) is 78.1 Å². The minimum Gasteiger partial charge on any atom is -0.345 e. The molecule has 1 aromatic heterocycles. The van der Waals surface area contributed by atoms with Gasteiger partial charge in [-0.25, -0.2) is 0 Å². The lowest BCUT2D eigenvalue weighted by Crippen LogP contribution is -2.59. The molecular weight excluding hydrogens is 342 g/mol. The molecule has 4 aliphatic rings. The number of halogens is 1. The molecule has 0 saturated heterocycles. The topological polar surface area (TPSA) is 57.8 Å². The van der Waals surface area contributed by atoms with Crippen LogP contribution in [0.2, 0.25) is 0 Å². The fourth-order valence-electron chi connectivity index (χ4n) is 5.44. The average molecular weight is 366 g/mol. The highest BCUT2D eigenvalue weighted by atomic mass is 79.9. The highest BCUT2D eigenvalue weighted by molar-refractivity contribution is 9.10. The van der Waals surface area contributed by atoms with Gasteiger partial charge < -0.3 is 5.32 Å². The number of aromatic amines is 1. The number of hydrogen-bond acceptors (Lipinski definition) is 2. The van der Waals surface area contributed by atoms with Crippen LogP contribution in [0.5, 0.6) is 0 Å². The van der Waals surface area contributed by atoms with E-state index in [-0.39, 0.29) is 11.4 Å². The van der Waals surface area contributed by atoms with Crippen LogP contribution in [-0.4, -0.2) is 21.6 Å². The maximum absolute atomic E-state index is 12.8. The van der Waals surface area contributed by atoms with Crippen molar-refractivity contribution in [1.29, 1.82) is 0 Å². The average Bonchev–Trinajstić information content (AvgIpc) is 2.78. The zero-order chi connectivity index (χ0) is 15.5. The van der Waals surface area contributed by atoms with Crippen LogP contribution >= 0.6 is 15.9 Å². The molecule has 4 bridgehead atoms. The van der Waals surface area contributed by atoms with Crippen LogP contribution in [0.4, 0.5) is 0 Å². The Balaban J connectivity index is 1.55. The Labute approximate surface area is 139 Å². The van der Waals surface area contributed by atoms with E-state index >= 15 is 0 Å². The predicted molar refractivity (Wildman–Crippen MR) is 88.7 cm³/mol. The normalized spacial score (nSPS) is 36.1. The van der Waals surface area contributed by atoms with Gasteiger partial charge in [0.05, 0.1) is 10.2 Å². The number of hydrogen-bond donors (Lipinski definition) is 2. The van der Waals surface area contributed by atoms with E-state index in [1.165, 1.54) is 38.5 Å². The SMILES string of the molecule is CC(C)c1[nH]nc(C(=O)NC23CC4CC(CC(C4)C2)C3)c1Br. The molecule has 0 atom stereocenters. The van der Waals surface area contributed by atoms with Gasteiger partial charge in [-0.3, -0.25) is 9.89 Å². The number of aromatic nitrogens is 2. The Hall–Kier alpha value is -0.840. The molecule has 0 spiro atoms. The van der Waals surface area contributed by atoms with Crippen molar-refractivity contribution >= 4 is 21.8 Å². The van der Waals surface area contributed by atoms with E-state index in [0.29, 0.717) is 11.6 Å². The first-order valence-electron chi connectivity index (χ1n) is 8.52. The van der Waals surface area contributed by atoms with Gasteiger partial charge in [0.1, 0.15) is 0 Å². The number of carbonyl (C=O) groups is 1. The Bertz CT molecular complexity index is 572. The summed E-state index contributed by atoms with van der Waals surface area (Å²) in [5, 5.41) is 10.6. The van der Waals surface area contributed by atoms with Gasteiger partial charge in [0.25, 0.3) is 5.91 Å². The van der Waals surface area contributed by atoms with Gasteiger partial charge in [0.15, 0.2) is 5.69 Å². The smallest absolute Gasteiger partial charge is 0.273 e. The van der Waals surface area contributed by atoms with Crippen molar-refractivity contribution in [3.63, 3.8) is 0 Å². The van der Waals surface area contributed by atoms with Crippen molar-refractivity contribution < 1.29 is 4.79 Å². The molecule has 0 unspecified atom stereocenters. The lowest BCUT2D eigenvalue weighted by Gasteiger charge is -2.56. The monoisotopic (exact) mass is 365 g/mol. The molecule has 1 amide bonds. The molecule has 4 saturated carbocycles. The molecule has 5 rings (SSSR count). The van der Waals surface area contributed by atoms with E-state index in [9.17, 15) is 4.79 Å². The predicted octanol–water partition coefficient (Wildman–Crippen LogP) is 3.99. The van der Waals surface area contributed by atoms with Gasteiger partial charge in [-0.15, -0.1) is 0 Å². The molecule has 4 aliphatic carbocycles. The molecule has 2 N–H and O–H groups in total. The number of nitrogens with zero attached hydrogens (tertiary/aromatic N) is 1. The van der Waals surface area contributed by atoms with Gasteiger partial charge >= 0.3 is 0 Å². The Kier molecular flexibility index (Phi) is 3.40. The van der Waals surface area contributed by atoms with Crippen LogP contribution in [-0.2, 0) is 0 Å². The van der Waals surface area contributed by atoms with Crippen LogP contribution in [0.25, 0.3) is 0 Å². The van der Waals surface area contributed by atoms with Gasteiger partial charge in [0.2, 0.25) is 0 Å². The van der Waals surface area contributed by atoms with Crippen LogP contribution in [0.1, 0.15) is 74.5 Å². The molecule has 5 heteroatoms. The summed E-state index contributed by atoms with van der Waals surface area (Å²) in [6.07, 6.45) is 7.67. The standard InChI is InChI=1S/C17H24BrN3O/c1-9(2)14-13(18)15(21-20-14)16(22)19-17-6-10-3-11(7-17)5-12(4-10)8-17/h9-12H,3-8H2,1-2H3,(H,19,22)(H,20,21). The van der Waals surface area contributed by atoms with E-state index in [1.54, 1.807) is 0 Å². The summed E-state index contributed by atoms with van der Waals surface area (Å²) in [7, 11) is 0. The lowest BCUT2D eigenvalue weighted by atomic mass is 9.53. The van der Waals surface area contributed by atoms with Crippen molar-refractivity contribution in [1.82, 2.24) is 15.5 Å². The Morgan fingerprint density at radius 1 is 1.23 bits per heavy atom. The molecular formula is C17H24BrN3O. The highest BCUT2D eigenvalue weighted by Crippen LogP contribution is 2.55. The van der Waals surface area contributed by atoms with Crippen molar-refractivity contribution in [2.24, 2.45) is 17.8 Å². The third-order valence-corrected chi connectivity index (χ3v) is 6.74. The third-order valence-electron chi connectivity index (χ3n) is 5.94. The number of nitrogens with one attached hydrogen (secondary N) is 2.